The number of rotatable bonds is 5. The van der Waals surface area contributed by atoms with Crippen molar-refractivity contribution in [1.82, 2.24) is 4.98 Å². The van der Waals surface area contributed by atoms with Crippen LogP contribution in [0.1, 0.15) is 73.9 Å². The first kappa shape index (κ1) is 30.8. The molecule has 0 unspecified atom stereocenters. The molecule has 2 N–H and O–H groups in total. The van der Waals surface area contributed by atoms with E-state index in [0.29, 0.717) is 12.8 Å². The summed E-state index contributed by atoms with van der Waals surface area (Å²) in [4.78, 5) is 7.90. The molecule has 0 fully saturated rings. The summed E-state index contributed by atoms with van der Waals surface area (Å²) in [6, 6.07) is 10.5. The molecule has 0 aliphatic heterocycles. The van der Waals surface area contributed by atoms with Gasteiger partial charge in [0.2, 0.25) is 0 Å². The lowest BCUT2D eigenvalue weighted by molar-refractivity contribution is -0.141. The van der Waals surface area contributed by atoms with E-state index in [0.717, 1.165) is 59.8 Å². The zero-order chi connectivity index (χ0) is 27.1. The number of nitriles is 1. The van der Waals surface area contributed by atoms with E-state index in [2.05, 4.69) is 29.5 Å². The number of aryl methyl sites for hydroxylation is 3. The van der Waals surface area contributed by atoms with Gasteiger partial charge >= 0.3 is 6.18 Å². The summed E-state index contributed by atoms with van der Waals surface area (Å²) in [6.45, 7) is 12.4. The van der Waals surface area contributed by atoms with Gasteiger partial charge in [-0.25, -0.2) is 0 Å². The van der Waals surface area contributed by atoms with Crippen LogP contribution < -0.4 is 5.73 Å². The van der Waals surface area contributed by atoms with E-state index in [1.54, 1.807) is 0 Å². The summed E-state index contributed by atoms with van der Waals surface area (Å²) in [7, 11) is 0. The van der Waals surface area contributed by atoms with E-state index in [1.165, 1.54) is 36.0 Å². The van der Waals surface area contributed by atoms with Crippen LogP contribution in [0, 0.1) is 25.2 Å². The molecule has 0 saturated heterocycles. The van der Waals surface area contributed by atoms with Gasteiger partial charge in [-0.3, -0.25) is 9.98 Å². The van der Waals surface area contributed by atoms with Crippen LogP contribution in [0.4, 0.5) is 13.2 Å². The molecule has 0 amide bonds. The lowest BCUT2D eigenvalue weighted by Crippen LogP contribution is -2.11. The van der Waals surface area contributed by atoms with Crippen molar-refractivity contribution in [3.63, 3.8) is 0 Å². The minimum Gasteiger partial charge on any atom is -0.331 e. The SMILES string of the molecule is C=CN=C(CCc1ccc(C(F)(F)F)nc1)C1=C(C)CCCC1.CCN.Cc1ccc(C)c(C#N)c1. The largest absolute Gasteiger partial charge is 0.433 e. The highest BCUT2D eigenvalue weighted by molar-refractivity contribution is 6.01. The van der Waals surface area contributed by atoms with Gasteiger partial charge in [-0.1, -0.05) is 37.3 Å². The minimum absolute atomic E-state index is 0.620. The minimum atomic E-state index is -4.39. The summed E-state index contributed by atoms with van der Waals surface area (Å²) in [5.74, 6) is 0. The highest BCUT2D eigenvalue weighted by Crippen LogP contribution is 2.28. The summed E-state index contributed by atoms with van der Waals surface area (Å²) in [5, 5.41) is 8.59. The molecule has 3 rings (SSSR count). The number of halogens is 3. The van der Waals surface area contributed by atoms with Crippen molar-refractivity contribution in [3.8, 4) is 6.07 Å². The van der Waals surface area contributed by atoms with Gasteiger partial charge in [-0.2, -0.15) is 18.4 Å². The molecule has 0 radical (unpaired) electrons. The van der Waals surface area contributed by atoms with Crippen LogP contribution in [0.5, 0.6) is 0 Å². The predicted molar refractivity (Wildman–Crippen MR) is 142 cm³/mol. The summed E-state index contributed by atoms with van der Waals surface area (Å²) in [5.41, 5.74) is 11.4. The maximum atomic E-state index is 12.5. The van der Waals surface area contributed by atoms with Gasteiger partial charge in [-0.05, 0) is 100 Å². The van der Waals surface area contributed by atoms with E-state index in [1.807, 2.05) is 39.0 Å². The Morgan fingerprint density at radius 3 is 2.33 bits per heavy atom. The molecule has 1 aliphatic rings. The summed E-state index contributed by atoms with van der Waals surface area (Å²) >= 11 is 0. The molecule has 1 aromatic heterocycles. The Labute approximate surface area is 213 Å². The van der Waals surface area contributed by atoms with Gasteiger partial charge in [0.25, 0.3) is 0 Å². The van der Waals surface area contributed by atoms with Gasteiger partial charge in [-0.15, -0.1) is 0 Å². The van der Waals surface area contributed by atoms with Crippen LogP contribution in [-0.2, 0) is 12.6 Å². The molecule has 194 valence electrons. The van der Waals surface area contributed by atoms with Gasteiger partial charge in [0.15, 0.2) is 0 Å². The number of pyridine rings is 1. The molecule has 1 aliphatic carbocycles. The van der Waals surface area contributed by atoms with E-state index in [9.17, 15) is 13.2 Å². The highest BCUT2D eigenvalue weighted by Gasteiger charge is 2.32. The molecule has 4 nitrogen and oxygen atoms in total. The van der Waals surface area contributed by atoms with Crippen molar-refractivity contribution >= 4 is 5.71 Å². The van der Waals surface area contributed by atoms with Gasteiger partial charge in [0.1, 0.15) is 5.69 Å². The van der Waals surface area contributed by atoms with E-state index in [4.69, 9.17) is 11.0 Å². The normalized spacial score (nSPS) is 13.6. The van der Waals surface area contributed by atoms with Crippen LogP contribution in [0.25, 0.3) is 0 Å². The number of aliphatic imine (C=N–C) groups is 1. The Bertz CT molecular complexity index is 1080. The number of aromatic nitrogens is 1. The molecule has 36 heavy (non-hydrogen) atoms. The van der Waals surface area contributed by atoms with Crippen molar-refractivity contribution in [1.29, 1.82) is 5.26 Å². The van der Waals surface area contributed by atoms with Crippen LogP contribution in [0.2, 0.25) is 0 Å². The fourth-order valence-electron chi connectivity index (χ4n) is 3.71. The Morgan fingerprint density at radius 1 is 1.17 bits per heavy atom. The molecular formula is C29H37F3N4. The fraction of sp³-hybridized carbons (Fsp3) is 0.414. The fourth-order valence-corrected chi connectivity index (χ4v) is 3.71. The summed E-state index contributed by atoms with van der Waals surface area (Å²) in [6.07, 6.45) is 4.23. The first-order chi connectivity index (χ1) is 17.1. The van der Waals surface area contributed by atoms with Crippen molar-refractivity contribution in [3.05, 3.63) is 88.4 Å². The van der Waals surface area contributed by atoms with E-state index < -0.39 is 11.9 Å². The standard InChI is InChI=1S/C18H21F3N2.C9H9N.C2H7N/c1-3-22-16(15-7-5-4-6-13(15)2)10-8-14-9-11-17(23-12-14)18(19,20)21;1-7-3-4-8(2)9(5-7)6-10;1-2-3/h3,9,11-12H,1,4-8,10H2,2H3;3-5H,1-2H3;2-3H2,1H3. The predicted octanol–water partition coefficient (Wildman–Crippen LogP) is 7.65. The first-order valence-electron chi connectivity index (χ1n) is 12.1. The number of hydrogen-bond donors (Lipinski definition) is 1. The lowest BCUT2D eigenvalue weighted by Gasteiger charge is -2.19. The molecule has 0 spiro atoms. The smallest absolute Gasteiger partial charge is 0.331 e. The van der Waals surface area contributed by atoms with Crippen LogP contribution in [-0.4, -0.2) is 17.2 Å². The maximum absolute atomic E-state index is 12.5. The quantitative estimate of drug-likeness (QED) is 0.430. The Hall–Kier alpha value is -3.24. The topological polar surface area (TPSA) is 75.1 Å². The lowest BCUT2D eigenvalue weighted by atomic mass is 9.88. The number of allylic oxidation sites excluding steroid dienone is 2. The Morgan fingerprint density at radius 2 is 1.83 bits per heavy atom. The van der Waals surface area contributed by atoms with Crippen molar-refractivity contribution < 1.29 is 13.2 Å². The zero-order valence-electron chi connectivity index (χ0n) is 21.8. The number of benzene rings is 1. The van der Waals surface area contributed by atoms with E-state index in [-0.39, 0.29) is 0 Å². The monoisotopic (exact) mass is 498 g/mol. The second-order valence-electron chi connectivity index (χ2n) is 8.61. The van der Waals surface area contributed by atoms with Gasteiger partial charge in [0.05, 0.1) is 11.6 Å². The Balaban J connectivity index is 0.000000412. The molecule has 0 saturated carbocycles. The molecule has 7 heteroatoms. The van der Waals surface area contributed by atoms with Crippen LogP contribution in [0.3, 0.4) is 0 Å². The zero-order valence-corrected chi connectivity index (χ0v) is 21.8. The molecular weight excluding hydrogens is 461 g/mol. The third kappa shape index (κ3) is 10.6. The second kappa shape index (κ2) is 15.7. The number of nitrogens with zero attached hydrogens (tertiary/aromatic N) is 3. The molecule has 1 aromatic carbocycles. The van der Waals surface area contributed by atoms with Crippen LogP contribution in [0.15, 0.2) is 65.4 Å². The molecule has 0 bridgehead atoms. The summed E-state index contributed by atoms with van der Waals surface area (Å²) < 4.78 is 37.6. The molecule has 1 heterocycles. The van der Waals surface area contributed by atoms with Crippen molar-refractivity contribution in [2.45, 2.75) is 72.4 Å². The van der Waals surface area contributed by atoms with Crippen LogP contribution >= 0.6 is 0 Å². The van der Waals surface area contributed by atoms with Crippen molar-refractivity contribution in [2.24, 2.45) is 10.7 Å². The van der Waals surface area contributed by atoms with Gasteiger partial charge < -0.3 is 5.73 Å². The molecule has 2 aromatic rings. The average molecular weight is 499 g/mol. The third-order valence-corrected chi connectivity index (χ3v) is 5.62. The highest BCUT2D eigenvalue weighted by atomic mass is 19.4. The Kier molecular flexibility index (Phi) is 13.4. The average Bonchev–Trinajstić information content (AvgIpc) is 2.84. The van der Waals surface area contributed by atoms with Gasteiger partial charge in [0, 0.05) is 18.1 Å². The number of hydrogen-bond acceptors (Lipinski definition) is 4. The third-order valence-electron chi connectivity index (χ3n) is 5.62. The first-order valence-corrected chi connectivity index (χ1v) is 12.1. The number of alkyl halides is 3. The number of nitrogens with two attached hydrogens (primary N) is 1. The van der Waals surface area contributed by atoms with Crippen molar-refractivity contribution in [2.75, 3.05) is 6.54 Å². The second-order valence-corrected chi connectivity index (χ2v) is 8.61. The molecule has 0 atom stereocenters. The van der Waals surface area contributed by atoms with E-state index >= 15 is 0 Å². The maximum Gasteiger partial charge on any atom is 0.433 e.